The van der Waals surface area contributed by atoms with Crippen LogP contribution in [0.5, 0.6) is 5.75 Å². The second-order valence-electron chi connectivity index (χ2n) is 5.13. The number of hydrogen-bond donors (Lipinski definition) is 2. The van der Waals surface area contributed by atoms with E-state index >= 15 is 0 Å². The van der Waals surface area contributed by atoms with Gasteiger partial charge in [-0.15, -0.1) is 0 Å². The van der Waals surface area contributed by atoms with Crippen molar-refractivity contribution in [3.05, 3.63) is 40.8 Å². The van der Waals surface area contributed by atoms with Crippen LogP contribution in [-0.4, -0.2) is 29.0 Å². The van der Waals surface area contributed by atoms with Gasteiger partial charge in [0.15, 0.2) is 23.2 Å². The highest BCUT2D eigenvalue weighted by atomic mass is 19.1. The maximum Gasteiger partial charge on any atom is 0.226 e. The van der Waals surface area contributed by atoms with Crippen LogP contribution in [0.4, 0.5) is 10.2 Å². The third kappa shape index (κ3) is 2.24. The lowest BCUT2D eigenvalue weighted by atomic mass is 9.85. The molecule has 6 nitrogen and oxygen atoms in total. The van der Waals surface area contributed by atoms with Crippen LogP contribution in [0, 0.1) is 12.7 Å². The normalized spacial score (nSPS) is 16.9. The van der Waals surface area contributed by atoms with E-state index in [1.165, 1.54) is 25.3 Å². The van der Waals surface area contributed by atoms with Crippen molar-refractivity contribution in [3.8, 4) is 5.75 Å². The molecule has 0 aliphatic carbocycles. The predicted molar refractivity (Wildman–Crippen MR) is 76.6 cm³/mol. The van der Waals surface area contributed by atoms with E-state index in [4.69, 9.17) is 4.74 Å². The van der Waals surface area contributed by atoms with E-state index in [-0.39, 0.29) is 23.9 Å². The van der Waals surface area contributed by atoms with Gasteiger partial charge in [0.1, 0.15) is 0 Å². The van der Waals surface area contributed by atoms with Crippen molar-refractivity contribution < 1.29 is 18.7 Å². The summed E-state index contributed by atoms with van der Waals surface area (Å²) in [6.45, 7) is 1.79. The zero-order valence-electron chi connectivity index (χ0n) is 12.1. The summed E-state index contributed by atoms with van der Waals surface area (Å²) in [5, 5.41) is 9.38. The van der Waals surface area contributed by atoms with Crippen molar-refractivity contribution in [1.82, 2.24) is 10.2 Å². The minimum Gasteiger partial charge on any atom is -0.494 e. The second-order valence-corrected chi connectivity index (χ2v) is 5.13. The van der Waals surface area contributed by atoms with Gasteiger partial charge in [0, 0.05) is 23.2 Å². The molecular weight excluding hydrogens is 289 g/mol. The van der Waals surface area contributed by atoms with Gasteiger partial charge in [-0.25, -0.2) is 4.39 Å². The molecule has 0 radical (unpaired) electrons. The van der Waals surface area contributed by atoms with E-state index in [2.05, 4.69) is 15.5 Å². The fourth-order valence-electron chi connectivity index (χ4n) is 2.67. The summed E-state index contributed by atoms with van der Waals surface area (Å²) in [7, 11) is 1.33. The number of halogens is 1. The van der Waals surface area contributed by atoms with Crippen molar-refractivity contribution in [3.63, 3.8) is 0 Å². The van der Waals surface area contributed by atoms with Crippen molar-refractivity contribution in [2.45, 2.75) is 19.3 Å². The summed E-state index contributed by atoms with van der Waals surface area (Å²) < 4.78 is 18.4. The lowest BCUT2D eigenvalue weighted by Crippen LogP contribution is -2.27. The summed E-state index contributed by atoms with van der Waals surface area (Å²) in [6.07, 6.45) is 0.0336. The predicted octanol–water partition coefficient (Wildman–Crippen LogP) is 2.17. The second kappa shape index (κ2) is 5.25. The van der Waals surface area contributed by atoms with Crippen LogP contribution in [0.1, 0.15) is 34.0 Å². The van der Waals surface area contributed by atoms with Crippen LogP contribution < -0.4 is 10.1 Å². The maximum atomic E-state index is 13.5. The van der Waals surface area contributed by atoms with Gasteiger partial charge in [0.05, 0.1) is 13.0 Å². The third-order valence-electron chi connectivity index (χ3n) is 3.74. The molecule has 0 saturated heterocycles. The van der Waals surface area contributed by atoms with Crippen LogP contribution in [0.3, 0.4) is 0 Å². The molecule has 3 rings (SSSR count). The lowest BCUT2D eigenvalue weighted by molar-refractivity contribution is -0.116. The Morgan fingerprint density at radius 2 is 2.23 bits per heavy atom. The number of rotatable bonds is 3. The Balaban J connectivity index is 2.02. The minimum absolute atomic E-state index is 0.00440. The number of methoxy groups -OCH3 is 1. The largest absolute Gasteiger partial charge is 0.494 e. The average Bonchev–Trinajstić information content (AvgIpc) is 2.87. The Morgan fingerprint density at radius 1 is 1.45 bits per heavy atom. The van der Waals surface area contributed by atoms with Gasteiger partial charge in [-0.05, 0) is 25.1 Å². The number of anilines is 1. The first-order valence-electron chi connectivity index (χ1n) is 6.73. The van der Waals surface area contributed by atoms with E-state index in [9.17, 15) is 14.0 Å². The molecule has 0 saturated carbocycles. The molecule has 0 bridgehead atoms. The number of fused-ring (bicyclic) bond motifs is 1. The lowest BCUT2D eigenvalue weighted by Gasteiger charge is -2.21. The summed E-state index contributed by atoms with van der Waals surface area (Å²) >= 11 is 0. The SMILES string of the molecule is COc1cc(C(=O)[C@H]2CC(=O)Nc3n[nH]c(C)c32)ccc1F. The molecule has 1 aliphatic heterocycles. The van der Waals surface area contributed by atoms with Gasteiger partial charge < -0.3 is 10.1 Å². The van der Waals surface area contributed by atoms with Crippen molar-refractivity contribution in [2.24, 2.45) is 0 Å². The first kappa shape index (κ1) is 14.2. The van der Waals surface area contributed by atoms with Gasteiger partial charge in [-0.1, -0.05) is 0 Å². The first-order chi connectivity index (χ1) is 10.5. The number of amides is 1. The molecule has 1 aromatic carbocycles. The van der Waals surface area contributed by atoms with E-state index in [1.54, 1.807) is 6.92 Å². The zero-order chi connectivity index (χ0) is 15.9. The van der Waals surface area contributed by atoms with Gasteiger partial charge in [-0.2, -0.15) is 5.10 Å². The van der Waals surface area contributed by atoms with Crippen molar-refractivity contribution in [1.29, 1.82) is 0 Å². The highest BCUT2D eigenvalue weighted by Gasteiger charge is 2.34. The molecule has 1 aliphatic rings. The Morgan fingerprint density at radius 3 is 2.95 bits per heavy atom. The zero-order valence-corrected chi connectivity index (χ0v) is 12.1. The van der Waals surface area contributed by atoms with Crippen LogP contribution in [-0.2, 0) is 4.79 Å². The summed E-state index contributed by atoms with van der Waals surface area (Å²) in [6, 6.07) is 3.92. The molecule has 1 atom stereocenters. The van der Waals surface area contributed by atoms with Gasteiger partial charge in [-0.3, -0.25) is 14.7 Å². The van der Waals surface area contributed by atoms with Gasteiger partial charge in [0.2, 0.25) is 5.91 Å². The Labute approximate surface area is 125 Å². The quantitative estimate of drug-likeness (QED) is 0.851. The number of aryl methyl sites for hydroxylation is 1. The number of nitrogens with one attached hydrogen (secondary N) is 2. The molecule has 0 unspecified atom stereocenters. The number of hydrogen-bond acceptors (Lipinski definition) is 4. The van der Waals surface area contributed by atoms with Gasteiger partial charge >= 0.3 is 0 Å². The number of ether oxygens (including phenoxy) is 1. The Kier molecular flexibility index (Phi) is 3.40. The number of nitrogens with zero attached hydrogens (tertiary/aromatic N) is 1. The Bertz CT molecular complexity index is 769. The molecule has 7 heteroatoms. The summed E-state index contributed by atoms with van der Waals surface area (Å²) in [4.78, 5) is 24.5. The number of aromatic amines is 1. The molecule has 1 amide bonds. The van der Waals surface area contributed by atoms with E-state index < -0.39 is 11.7 Å². The fraction of sp³-hybridized carbons (Fsp3) is 0.267. The Hall–Kier alpha value is -2.70. The maximum absolute atomic E-state index is 13.5. The van der Waals surface area contributed by atoms with E-state index in [0.29, 0.717) is 16.9 Å². The number of benzene rings is 1. The number of carbonyl (C=O) groups excluding carboxylic acids is 2. The fourth-order valence-corrected chi connectivity index (χ4v) is 2.67. The molecule has 2 N–H and O–H groups in total. The number of Topliss-reactive ketones (excluding diaryl/α,β-unsaturated/α-hetero) is 1. The third-order valence-corrected chi connectivity index (χ3v) is 3.74. The highest BCUT2D eigenvalue weighted by Crippen LogP contribution is 2.36. The molecule has 2 heterocycles. The topological polar surface area (TPSA) is 84.1 Å². The highest BCUT2D eigenvalue weighted by molar-refractivity contribution is 6.07. The molecule has 22 heavy (non-hydrogen) atoms. The minimum atomic E-state index is -0.641. The van der Waals surface area contributed by atoms with Crippen molar-refractivity contribution in [2.75, 3.05) is 12.4 Å². The van der Waals surface area contributed by atoms with Gasteiger partial charge in [0.25, 0.3) is 0 Å². The number of ketones is 1. The van der Waals surface area contributed by atoms with Crippen LogP contribution >= 0.6 is 0 Å². The smallest absolute Gasteiger partial charge is 0.226 e. The van der Waals surface area contributed by atoms with Crippen molar-refractivity contribution >= 4 is 17.5 Å². The van der Waals surface area contributed by atoms with E-state index in [0.717, 1.165) is 5.69 Å². The monoisotopic (exact) mass is 303 g/mol. The molecule has 114 valence electrons. The number of H-pyrrole nitrogens is 1. The molecular formula is C15H14FN3O3. The average molecular weight is 303 g/mol. The molecule has 2 aromatic rings. The first-order valence-corrected chi connectivity index (χ1v) is 6.73. The van der Waals surface area contributed by atoms with Crippen LogP contribution in [0.15, 0.2) is 18.2 Å². The number of carbonyl (C=O) groups is 2. The summed E-state index contributed by atoms with van der Waals surface area (Å²) in [5.74, 6) is -1.35. The standard InChI is InChI=1S/C15H14FN3O3/c1-7-13-9(6-12(20)17-15(13)19-18-7)14(21)8-3-4-10(16)11(5-8)22-2/h3-5,9H,6H2,1-2H3,(H2,17,18,19,20)/t9-/m0/s1. The summed E-state index contributed by atoms with van der Waals surface area (Å²) in [5.41, 5.74) is 1.69. The van der Waals surface area contributed by atoms with Crippen LogP contribution in [0.25, 0.3) is 0 Å². The molecule has 0 fully saturated rings. The molecule has 0 spiro atoms. The molecule has 1 aromatic heterocycles. The number of aromatic nitrogens is 2. The van der Waals surface area contributed by atoms with E-state index in [1.807, 2.05) is 0 Å². The van der Waals surface area contributed by atoms with Crippen LogP contribution in [0.2, 0.25) is 0 Å².